The van der Waals surface area contributed by atoms with Gasteiger partial charge < -0.3 is 9.47 Å². The van der Waals surface area contributed by atoms with E-state index in [4.69, 9.17) is 9.47 Å². The number of rotatable bonds is 3. The zero-order chi connectivity index (χ0) is 16.0. The summed E-state index contributed by atoms with van der Waals surface area (Å²) in [6.07, 6.45) is 2.85. The van der Waals surface area contributed by atoms with Gasteiger partial charge in [-0.15, -0.1) is 23.1 Å². The lowest BCUT2D eigenvalue weighted by atomic mass is 10.3. The molecule has 0 amide bonds. The SMILES string of the molecule is CCc1cc2c(s1)SCc1c(C3=NC(C(=O)OC)CO3)ncn1-2. The molecule has 4 rings (SSSR count). The summed E-state index contributed by atoms with van der Waals surface area (Å²) in [6.45, 7) is 2.38. The molecule has 1 unspecified atom stereocenters. The van der Waals surface area contributed by atoms with Crippen LogP contribution in [-0.2, 0) is 26.4 Å². The summed E-state index contributed by atoms with van der Waals surface area (Å²) in [6, 6.07) is 1.63. The number of carbonyl (C=O) groups excluding carboxylic acids is 1. The molecule has 8 heteroatoms. The monoisotopic (exact) mass is 349 g/mol. The number of aryl methyl sites for hydroxylation is 1. The third-order valence-electron chi connectivity index (χ3n) is 3.87. The van der Waals surface area contributed by atoms with E-state index < -0.39 is 6.04 Å². The topological polar surface area (TPSA) is 65.7 Å². The van der Waals surface area contributed by atoms with Crippen molar-refractivity contribution in [2.45, 2.75) is 29.3 Å². The second-order valence-corrected chi connectivity index (χ2v) is 7.60. The molecule has 1 atom stereocenters. The standard InChI is InChI=1S/C15H15N3O3S2/c1-3-8-4-10-15(23-8)22-6-11-12(16-7-18(10)11)13-17-9(5-21-13)14(19)20-2/h4,7,9H,3,5-6H2,1-2H3. The van der Waals surface area contributed by atoms with Gasteiger partial charge >= 0.3 is 5.97 Å². The van der Waals surface area contributed by atoms with Gasteiger partial charge in [0.05, 0.1) is 22.7 Å². The number of hydrogen-bond acceptors (Lipinski definition) is 7. The van der Waals surface area contributed by atoms with Crippen LogP contribution in [0.2, 0.25) is 0 Å². The summed E-state index contributed by atoms with van der Waals surface area (Å²) >= 11 is 3.65. The minimum Gasteiger partial charge on any atom is -0.473 e. The highest BCUT2D eigenvalue weighted by Crippen LogP contribution is 2.42. The van der Waals surface area contributed by atoms with Crippen LogP contribution >= 0.6 is 23.1 Å². The molecule has 0 saturated heterocycles. The van der Waals surface area contributed by atoms with Gasteiger partial charge in [-0.25, -0.2) is 14.8 Å². The lowest BCUT2D eigenvalue weighted by molar-refractivity contribution is -0.142. The Bertz CT molecular complexity index is 809. The van der Waals surface area contributed by atoms with E-state index in [2.05, 4.69) is 27.5 Å². The molecule has 0 saturated carbocycles. The normalized spacial score (nSPS) is 18.9. The van der Waals surface area contributed by atoms with E-state index in [-0.39, 0.29) is 12.6 Å². The van der Waals surface area contributed by atoms with Crippen LogP contribution in [0.5, 0.6) is 0 Å². The highest BCUT2D eigenvalue weighted by atomic mass is 32.2. The van der Waals surface area contributed by atoms with Crippen LogP contribution in [-0.4, -0.2) is 41.2 Å². The molecule has 2 aromatic heterocycles. The zero-order valence-electron chi connectivity index (χ0n) is 12.7. The molecular weight excluding hydrogens is 334 g/mol. The minimum atomic E-state index is -0.591. The van der Waals surface area contributed by atoms with Crippen molar-refractivity contribution in [3.63, 3.8) is 0 Å². The lowest BCUT2D eigenvalue weighted by Crippen LogP contribution is -2.21. The number of fused-ring (bicyclic) bond motifs is 3. The number of imidazole rings is 1. The largest absolute Gasteiger partial charge is 0.473 e. The van der Waals surface area contributed by atoms with E-state index in [1.807, 2.05) is 29.4 Å². The Morgan fingerprint density at radius 3 is 3.22 bits per heavy atom. The molecule has 0 aliphatic carbocycles. The molecule has 120 valence electrons. The van der Waals surface area contributed by atoms with Crippen LogP contribution in [0.25, 0.3) is 5.69 Å². The maximum Gasteiger partial charge on any atom is 0.334 e. The Balaban J connectivity index is 1.71. The van der Waals surface area contributed by atoms with Gasteiger partial charge in [-0.1, -0.05) is 6.92 Å². The molecule has 0 aromatic carbocycles. The summed E-state index contributed by atoms with van der Waals surface area (Å²) < 4.78 is 13.7. The summed E-state index contributed by atoms with van der Waals surface area (Å²) in [5.41, 5.74) is 2.96. The summed E-state index contributed by atoms with van der Waals surface area (Å²) in [4.78, 5) is 21.8. The van der Waals surface area contributed by atoms with Crippen molar-refractivity contribution >= 4 is 35.0 Å². The Labute approximate surface area is 141 Å². The van der Waals surface area contributed by atoms with Crippen molar-refractivity contribution in [1.29, 1.82) is 0 Å². The van der Waals surface area contributed by atoms with Crippen molar-refractivity contribution in [1.82, 2.24) is 9.55 Å². The number of aromatic nitrogens is 2. The van der Waals surface area contributed by atoms with Crippen molar-refractivity contribution in [2.24, 2.45) is 4.99 Å². The maximum atomic E-state index is 11.6. The van der Waals surface area contributed by atoms with Crippen molar-refractivity contribution < 1.29 is 14.3 Å². The fourth-order valence-electron chi connectivity index (χ4n) is 2.65. The highest BCUT2D eigenvalue weighted by Gasteiger charge is 2.32. The molecular formula is C15H15N3O3S2. The molecule has 2 aliphatic heterocycles. The summed E-state index contributed by atoms with van der Waals surface area (Å²) in [5.74, 6) is 0.872. The zero-order valence-corrected chi connectivity index (χ0v) is 14.4. The number of carbonyl (C=O) groups is 1. The quantitative estimate of drug-likeness (QED) is 0.796. The number of ether oxygens (including phenoxy) is 2. The average Bonchev–Trinajstić information content (AvgIpc) is 3.28. The van der Waals surface area contributed by atoms with Crippen molar-refractivity contribution in [3.05, 3.63) is 28.7 Å². The second kappa shape index (κ2) is 5.68. The van der Waals surface area contributed by atoms with Gasteiger partial charge in [0.25, 0.3) is 0 Å². The Hall–Kier alpha value is -1.80. The van der Waals surface area contributed by atoms with E-state index in [1.165, 1.54) is 21.9 Å². The molecule has 0 radical (unpaired) electrons. The van der Waals surface area contributed by atoms with Gasteiger partial charge in [0, 0.05) is 10.6 Å². The predicted octanol–water partition coefficient (Wildman–Crippen LogP) is 2.42. The average molecular weight is 349 g/mol. The first-order valence-electron chi connectivity index (χ1n) is 7.32. The molecule has 0 spiro atoms. The highest BCUT2D eigenvalue weighted by molar-refractivity contribution is 8.00. The first-order valence-corrected chi connectivity index (χ1v) is 9.12. The van der Waals surface area contributed by atoms with Crippen molar-refractivity contribution in [2.75, 3.05) is 13.7 Å². The first-order chi connectivity index (χ1) is 11.2. The number of nitrogens with zero attached hydrogens (tertiary/aromatic N) is 3. The third kappa shape index (κ3) is 2.36. The molecule has 6 nitrogen and oxygen atoms in total. The van der Waals surface area contributed by atoms with Gasteiger partial charge in [-0.05, 0) is 12.5 Å². The Kier molecular flexibility index (Phi) is 3.65. The van der Waals surface area contributed by atoms with Gasteiger partial charge in [0.2, 0.25) is 5.90 Å². The second-order valence-electron chi connectivity index (χ2n) is 5.22. The Morgan fingerprint density at radius 1 is 1.57 bits per heavy atom. The van der Waals surface area contributed by atoms with E-state index in [0.717, 1.165) is 23.6 Å². The number of hydrogen-bond donors (Lipinski definition) is 0. The molecule has 2 aromatic rings. The summed E-state index contributed by atoms with van der Waals surface area (Å²) in [5, 5.41) is 0. The molecule has 0 fully saturated rings. The van der Waals surface area contributed by atoms with Crippen LogP contribution < -0.4 is 0 Å². The Morgan fingerprint density at radius 2 is 2.43 bits per heavy atom. The first kappa shape index (κ1) is 14.8. The van der Waals surface area contributed by atoms with E-state index >= 15 is 0 Å². The number of thiophene rings is 1. The van der Waals surface area contributed by atoms with E-state index in [1.54, 1.807) is 0 Å². The predicted molar refractivity (Wildman–Crippen MR) is 88.7 cm³/mol. The van der Waals surface area contributed by atoms with E-state index in [0.29, 0.717) is 5.90 Å². The van der Waals surface area contributed by atoms with Crippen LogP contribution in [0, 0.1) is 0 Å². The van der Waals surface area contributed by atoms with Gasteiger partial charge in [0.1, 0.15) is 18.6 Å². The number of thioether (sulfide) groups is 1. The van der Waals surface area contributed by atoms with Crippen LogP contribution in [0.3, 0.4) is 0 Å². The number of esters is 1. The lowest BCUT2D eigenvalue weighted by Gasteiger charge is -2.15. The van der Waals surface area contributed by atoms with Crippen molar-refractivity contribution in [3.8, 4) is 5.69 Å². The molecule has 23 heavy (non-hydrogen) atoms. The van der Waals surface area contributed by atoms with Crippen LogP contribution in [0.15, 0.2) is 21.6 Å². The maximum absolute atomic E-state index is 11.6. The smallest absolute Gasteiger partial charge is 0.334 e. The van der Waals surface area contributed by atoms with Crippen LogP contribution in [0.4, 0.5) is 0 Å². The number of methoxy groups -OCH3 is 1. The van der Waals surface area contributed by atoms with Gasteiger partial charge in [-0.3, -0.25) is 4.57 Å². The van der Waals surface area contributed by atoms with Gasteiger partial charge in [-0.2, -0.15) is 0 Å². The molecule has 0 N–H and O–H groups in total. The van der Waals surface area contributed by atoms with Crippen LogP contribution in [0.1, 0.15) is 23.2 Å². The fourth-order valence-corrected chi connectivity index (χ4v) is 5.05. The van der Waals surface area contributed by atoms with Gasteiger partial charge in [0.15, 0.2) is 6.04 Å². The molecule has 0 bridgehead atoms. The fraction of sp³-hybridized carbons (Fsp3) is 0.400. The third-order valence-corrected chi connectivity index (χ3v) is 6.43. The number of aliphatic imine (C=N–C) groups is 1. The summed E-state index contributed by atoms with van der Waals surface area (Å²) in [7, 11) is 1.36. The van der Waals surface area contributed by atoms with E-state index in [9.17, 15) is 4.79 Å². The molecule has 4 heterocycles. The minimum absolute atomic E-state index is 0.213. The molecule has 2 aliphatic rings.